The van der Waals surface area contributed by atoms with E-state index in [9.17, 15) is 4.39 Å². The first-order valence-corrected chi connectivity index (χ1v) is 4.85. The molecule has 0 spiro atoms. The first-order chi connectivity index (χ1) is 5.95. The summed E-state index contributed by atoms with van der Waals surface area (Å²) in [6, 6.07) is 0.250. The molecule has 2 atom stereocenters. The molecule has 2 nitrogen and oxygen atoms in total. The zero-order chi connectivity index (χ0) is 10.1. The minimum atomic E-state index is -0.681. The van der Waals surface area contributed by atoms with E-state index in [1.165, 1.54) is 0 Å². The summed E-state index contributed by atoms with van der Waals surface area (Å²) in [4.78, 5) is 2.20. The molecule has 3 heteroatoms. The fourth-order valence-electron chi connectivity index (χ4n) is 2.03. The van der Waals surface area contributed by atoms with Crippen LogP contribution in [0.25, 0.3) is 0 Å². The quantitative estimate of drug-likeness (QED) is 0.657. The average molecular weight is 189 g/mol. The van der Waals surface area contributed by atoms with Crippen molar-refractivity contribution in [3.05, 3.63) is 0 Å². The first-order valence-electron chi connectivity index (χ1n) is 4.85. The summed E-state index contributed by atoms with van der Waals surface area (Å²) in [5.74, 6) is 0. The van der Waals surface area contributed by atoms with Gasteiger partial charge in [-0.15, -0.1) is 0 Å². The van der Waals surface area contributed by atoms with E-state index in [-0.39, 0.29) is 11.6 Å². The molecule has 13 heavy (non-hydrogen) atoms. The summed E-state index contributed by atoms with van der Waals surface area (Å²) >= 11 is 0. The second-order valence-corrected chi connectivity index (χ2v) is 4.77. The second-order valence-electron chi connectivity index (χ2n) is 4.77. The van der Waals surface area contributed by atoms with Gasteiger partial charge in [0.2, 0.25) is 0 Å². The van der Waals surface area contributed by atoms with Crippen molar-refractivity contribution in [1.29, 1.82) is 0 Å². The predicted octanol–water partition coefficient (Wildman–Crippen LogP) is 1.84. The highest BCUT2D eigenvalue weighted by atomic mass is 19.1. The lowest BCUT2D eigenvalue weighted by molar-refractivity contribution is 0.0594. The number of hydrogen-bond acceptors (Lipinski definition) is 2. The highest BCUT2D eigenvalue weighted by molar-refractivity contribution is 4.92. The van der Waals surface area contributed by atoms with Crippen molar-refractivity contribution < 1.29 is 9.13 Å². The summed E-state index contributed by atoms with van der Waals surface area (Å²) in [7, 11) is 1.67. The summed E-state index contributed by atoms with van der Waals surface area (Å²) < 4.78 is 18.3. The maximum Gasteiger partial charge on any atom is 0.114 e. The summed E-state index contributed by atoms with van der Waals surface area (Å²) in [5, 5.41) is 0. The molecule has 1 fully saturated rings. The Bertz CT molecular complexity index is 167. The third kappa shape index (κ3) is 2.64. The normalized spacial score (nSPS) is 31.2. The standard InChI is InChI=1S/C10H20FNO/c1-10(2,3)12-6-8(11)5-9(12)7-13-4/h8-9H,5-7H2,1-4H3/t8-,9+/m1/s1. The van der Waals surface area contributed by atoms with E-state index in [4.69, 9.17) is 4.74 Å². The zero-order valence-electron chi connectivity index (χ0n) is 9.01. The minimum absolute atomic E-state index is 0.0457. The van der Waals surface area contributed by atoms with Gasteiger partial charge in [-0.2, -0.15) is 0 Å². The number of alkyl halides is 1. The SMILES string of the molecule is COC[C@@H]1C[C@@H](F)CN1C(C)(C)C. The van der Waals surface area contributed by atoms with E-state index < -0.39 is 6.17 Å². The van der Waals surface area contributed by atoms with Gasteiger partial charge in [-0.05, 0) is 27.2 Å². The molecule has 0 aromatic carbocycles. The molecule has 0 aromatic heterocycles. The molecule has 0 bridgehead atoms. The molecule has 1 rings (SSSR count). The first kappa shape index (κ1) is 10.9. The van der Waals surface area contributed by atoms with E-state index in [1.807, 2.05) is 0 Å². The van der Waals surface area contributed by atoms with Gasteiger partial charge in [-0.3, -0.25) is 4.90 Å². The largest absolute Gasteiger partial charge is 0.383 e. The van der Waals surface area contributed by atoms with Crippen LogP contribution in [0.4, 0.5) is 4.39 Å². The van der Waals surface area contributed by atoms with Crippen LogP contribution in [0.15, 0.2) is 0 Å². The van der Waals surface area contributed by atoms with E-state index in [0.717, 1.165) is 0 Å². The lowest BCUT2D eigenvalue weighted by Gasteiger charge is -2.36. The van der Waals surface area contributed by atoms with Crippen molar-refractivity contribution >= 4 is 0 Å². The summed E-state index contributed by atoms with van der Waals surface area (Å²) in [6.07, 6.45) is -0.0650. The van der Waals surface area contributed by atoms with Crippen molar-refractivity contribution in [2.24, 2.45) is 0 Å². The van der Waals surface area contributed by atoms with Gasteiger partial charge in [0, 0.05) is 25.2 Å². The number of ether oxygens (including phenoxy) is 1. The third-order valence-corrected chi connectivity index (χ3v) is 2.58. The zero-order valence-corrected chi connectivity index (χ0v) is 9.01. The van der Waals surface area contributed by atoms with E-state index in [2.05, 4.69) is 25.7 Å². The molecule has 0 unspecified atom stereocenters. The number of hydrogen-bond donors (Lipinski definition) is 0. The Morgan fingerprint density at radius 2 is 2.08 bits per heavy atom. The van der Waals surface area contributed by atoms with Gasteiger partial charge in [-0.25, -0.2) is 4.39 Å². The number of rotatable bonds is 2. The van der Waals surface area contributed by atoms with Gasteiger partial charge < -0.3 is 4.74 Å². The fraction of sp³-hybridized carbons (Fsp3) is 1.00. The Balaban J connectivity index is 2.60. The lowest BCUT2D eigenvalue weighted by atomic mass is 10.1. The summed E-state index contributed by atoms with van der Waals surface area (Å²) in [6.45, 7) is 7.55. The Morgan fingerprint density at radius 3 is 2.54 bits per heavy atom. The van der Waals surface area contributed by atoms with Gasteiger partial charge >= 0.3 is 0 Å². The van der Waals surface area contributed by atoms with Crippen LogP contribution in [0.2, 0.25) is 0 Å². The third-order valence-electron chi connectivity index (χ3n) is 2.58. The van der Waals surface area contributed by atoms with E-state index in [1.54, 1.807) is 7.11 Å². The van der Waals surface area contributed by atoms with Crippen LogP contribution in [-0.2, 0) is 4.74 Å². The second kappa shape index (κ2) is 3.93. The Morgan fingerprint density at radius 1 is 1.46 bits per heavy atom. The molecule has 78 valence electrons. The molecule has 0 N–H and O–H groups in total. The molecule has 0 saturated carbocycles. The van der Waals surface area contributed by atoms with Crippen molar-refractivity contribution in [3.63, 3.8) is 0 Å². The van der Waals surface area contributed by atoms with E-state index >= 15 is 0 Å². The molecule has 1 heterocycles. The maximum absolute atomic E-state index is 13.2. The van der Waals surface area contributed by atoms with Crippen molar-refractivity contribution in [1.82, 2.24) is 4.90 Å². The van der Waals surface area contributed by atoms with Crippen LogP contribution in [0.1, 0.15) is 27.2 Å². The molecule has 0 aromatic rings. The Hall–Kier alpha value is -0.150. The van der Waals surface area contributed by atoms with Crippen LogP contribution >= 0.6 is 0 Å². The van der Waals surface area contributed by atoms with Crippen LogP contribution in [0.5, 0.6) is 0 Å². The fourth-order valence-corrected chi connectivity index (χ4v) is 2.03. The van der Waals surface area contributed by atoms with Gasteiger partial charge in [0.1, 0.15) is 6.17 Å². The highest BCUT2D eigenvalue weighted by Crippen LogP contribution is 2.28. The molecule has 0 amide bonds. The number of likely N-dealkylation sites (tertiary alicyclic amines) is 1. The molecular weight excluding hydrogens is 169 g/mol. The number of nitrogens with zero attached hydrogens (tertiary/aromatic N) is 1. The van der Waals surface area contributed by atoms with Crippen LogP contribution < -0.4 is 0 Å². The smallest absolute Gasteiger partial charge is 0.114 e. The van der Waals surface area contributed by atoms with Crippen LogP contribution in [0.3, 0.4) is 0 Å². The molecule has 0 aliphatic carbocycles. The topological polar surface area (TPSA) is 12.5 Å². The molecule has 1 aliphatic heterocycles. The van der Waals surface area contributed by atoms with Crippen molar-refractivity contribution in [2.75, 3.05) is 20.3 Å². The molecule has 1 aliphatic rings. The average Bonchev–Trinajstić information content (AvgIpc) is 2.30. The predicted molar refractivity (Wildman–Crippen MR) is 51.6 cm³/mol. The maximum atomic E-state index is 13.2. The van der Waals surface area contributed by atoms with E-state index in [0.29, 0.717) is 19.6 Å². The highest BCUT2D eigenvalue weighted by Gasteiger charge is 2.37. The minimum Gasteiger partial charge on any atom is -0.383 e. The Labute approximate surface area is 80.1 Å². The molecular formula is C10H20FNO. The van der Waals surface area contributed by atoms with Crippen molar-refractivity contribution in [2.45, 2.75) is 44.9 Å². The van der Waals surface area contributed by atoms with Crippen LogP contribution in [0, 0.1) is 0 Å². The van der Waals surface area contributed by atoms with Gasteiger partial charge in [0.05, 0.1) is 6.61 Å². The van der Waals surface area contributed by atoms with Crippen LogP contribution in [-0.4, -0.2) is 42.9 Å². The lowest BCUT2D eigenvalue weighted by Crippen LogP contribution is -2.46. The van der Waals surface area contributed by atoms with Gasteiger partial charge in [-0.1, -0.05) is 0 Å². The summed E-state index contributed by atoms with van der Waals surface area (Å²) in [5.41, 5.74) is 0.0457. The Kier molecular flexibility index (Phi) is 3.30. The van der Waals surface area contributed by atoms with Crippen molar-refractivity contribution in [3.8, 4) is 0 Å². The molecule has 1 saturated heterocycles. The molecule has 0 radical (unpaired) electrons. The van der Waals surface area contributed by atoms with Gasteiger partial charge in [0.25, 0.3) is 0 Å². The van der Waals surface area contributed by atoms with Gasteiger partial charge in [0.15, 0.2) is 0 Å². The number of halogens is 1. The monoisotopic (exact) mass is 189 g/mol. The number of methoxy groups -OCH3 is 1.